The summed E-state index contributed by atoms with van der Waals surface area (Å²) in [7, 11) is 0. The number of rotatable bonds is 7. The fraction of sp³-hybridized carbons (Fsp3) is 0.0500. The SMILES string of the molecule is O=[N+]([O-])c1ccc(Sc2nnc(-c3ccncc3)n2Cc2ccccc2)c([N+](=O)[O-])c1. The van der Waals surface area contributed by atoms with Gasteiger partial charge in [-0.2, -0.15) is 0 Å². The Kier molecular flexibility index (Phi) is 5.67. The summed E-state index contributed by atoms with van der Waals surface area (Å²) in [5.41, 5.74) is 1.08. The molecule has 154 valence electrons. The van der Waals surface area contributed by atoms with Crippen LogP contribution in [0, 0.1) is 20.2 Å². The lowest BCUT2D eigenvalue weighted by molar-refractivity contribution is -0.396. The molecule has 0 fully saturated rings. The minimum absolute atomic E-state index is 0.235. The number of nitrogens with zero attached hydrogens (tertiary/aromatic N) is 6. The van der Waals surface area contributed by atoms with E-state index in [4.69, 9.17) is 0 Å². The van der Waals surface area contributed by atoms with E-state index < -0.39 is 9.85 Å². The van der Waals surface area contributed by atoms with Gasteiger partial charge >= 0.3 is 0 Å². The monoisotopic (exact) mass is 434 g/mol. The maximum atomic E-state index is 11.5. The van der Waals surface area contributed by atoms with E-state index in [-0.39, 0.29) is 16.3 Å². The van der Waals surface area contributed by atoms with Crippen molar-refractivity contribution in [1.82, 2.24) is 19.7 Å². The Labute approximate surface area is 179 Å². The molecule has 2 heterocycles. The van der Waals surface area contributed by atoms with Gasteiger partial charge in [0.25, 0.3) is 11.4 Å². The van der Waals surface area contributed by atoms with Gasteiger partial charge in [-0.05, 0) is 35.5 Å². The van der Waals surface area contributed by atoms with Gasteiger partial charge in [0.1, 0.15) is 0 Å². The Hall–Kier alpha value is -4.12. The van der Waals surface area contributed by atoms with Gasteiger partial charge in [-0.1, -0.05) is 30.3 Å². The predicted molar refractivity (Wildman–Crippen MR) is 113 cm³/mol. The lowest BCUT2D eigenvalue weighted by Crippen LogP contribution is -2.04. The Morgan fingerprint density at radius 2 is 1.65 bits per heavy atom. The molecule has 2 aromatic heterocycles. The van der Waals surface area contributed by atoms with Crippen molar-refractivity contribution in [2.24, 2.45) is 0 Å². The Morgan fingerprint density at radius 3 is 2.32 bits per heavy atom. The summed E-state index contributed by atoms with van der Waals surface area (Å²) in [5, 5.41) is 31.5. The minimum Gasteiger partial charge on any atom is -0.297 e. The third kappa shape index (κ3) is 4.41. The maximum Gasteiger partial charge on any atom is 0.290 e. The standard InChI is InChI=1S/C20H14N6O4S/c27-25(28)16-6-7-18(17(12-16)26(29)30)31-20-23-22-19(15-8-10-21-11-9-15)24(20)13-14-4-2-1-3-5-14/h1-12H,13H2. The van der Waals surface area contributed by atoms with Crippen LogP contribution in [-0.4, -0.2) is 29.6 Å². The molecule has 0 aliphatic heterocycles. The zero-order valence-electron chi connectivity index (χ0n) is 15.9. The number of nitro benzene ring substituents is 2. The normalized spacial score (nSPS) is 10.7. The van der Waals surface area contributed by atoms with Crippen molar-refractivity contribution in [3.63, 3.8) is 0 Å². The van der Waals surface area contributed by atoms with E-state index in [0.29, 0.717) is 17.5 Å². The van der Waals surface area contributed by atoms with E-state index >= 15 is 0 Å². The molecule has 0 aliphatic rings. The molecule has 10 nitrogen and oxygen atoms in total. The Morgan fingerprint density at radius 1 is 0.903 bits per heavy atom. The van der Waals surface area contributed by atoms with Gasteiger partial charge < -0.3 is 0 Å². The zero-order valence-corrected chi connectivity index (χ0v) is 16.7. The van der Waals surface area contributed by atoms with Crippen molar-refractivity contribution >= 4 is 23.1 Å². The number of pyridine rings is 1. The molecule has 31 heavy (non-hydrogen) atoms. The lowest BCUT2D eigenvalue weighted by Gasteiger charge is -2.10. The fourth-order valence-corrected chi connectivity index (χ4v) is 3.85. The topological polar surface area (TPSA) is 130 Å². The van der Waals surface area contributed by atoms with Gasteiger partial charge in [-0.25, -0.2) is 0 Å². The number of hydrogen-bond donors (Lipinski definition) is 0. The smallest absolute Gasteiger partial charge is 0.290 e. The van der Waals surface area contributed by atoms with Crippen LogP contribution >= 0.6 is 11.8 Å². The van der Waals surface area contributed by atoms with E-state index in [9.17, 15) is 20.2 Å². The van der Waals surface area contributed by atoms with E-state index in [1.165, 1.54) is 12.1 Å². The van der Waals surface area contributed by atoms with E-state index in [1.807, 2.05) is 34.9 Å². The average Bonchev–Trinajstić information content (AvgIpc) is 3.17. The largest absolute Gasteiger partial charge is 0.297 e. The van der Waals surface area contributed by atoms with Crippen LogP contribution in [0.1, 0.15) is 5.56 Å². The van der Waals surface area contributed by atoms with Gasteiger partial charge in [-0.15, -0.1) is 10.2 Å². The number of non-ortho nitro benzene ring substituents is 1. The summed E-state index contributed by atoms with van der Waals surface area (Å²) < 4.78 is 1.85. The van der Waals surface area contributed by atoms with Crippen LogP contribution < -0.4 is 0 Å². The average molecular weight is 434 g/mol. The molecule has 4 aromatic rings. The van der Waals surface area contributed by atoms with Gasteiger partial charge in [0.05, 0.1) is 27.4 Å². The number of hydrogen-bond acceptors (Lipinski definition) is 8. The zero-order chi connectivity index (χ0) is 21.8. The molecule has 0 spiro atoms. The molecule has 0 saturated heterocycles. The number of benzene rings is 2. The van der Waals surface area contributed by atoms with Crippen molar-refractivity contribution in [2.45, 2.75) is 16.6 Å². The molecule has 0 aliphatic carbocycles. The highest BCUT2D eigenvalue weighted by Gasteiger charge is 2.23. The van der Waals surface area contributed by atoms with Crippen molar-refractivity contribution in [1.29, 1.82) is 0 Å². The van der Waals surface area contributed by atoms with Crippen LogP contribution in [0.4, 0.5) is 11.4 Å². The van der Waals surface area contributed by atoms with Crippen LogP contribution in [-0.2, 0) is 6.54 Å². The molecule has 0 atom stereocenters. The van der Waals surface area contributed by atoms with Crippen LogP contribution in [0.25, 0.3) is 11.4 Å². The fourth-order valence-electron chi connectivity index (χ4n) is 2.93. The van der Waals surface area contributed by atoms with Crippen LogP contribution in [0.15, 0.2) is 83.1 Å². The minimum atomic E-state index is -0.666. The molecule has 0 saturated carbocycles. The van der Waals surface area contributed by atoms with Gasteiger partial charge in [0.15, 0.2) is 11.0 Å². The highest BCUT2D eigenvalue weighted by atomic mass is 32.2. The first kappa shape index (κ1) is 20.2. The van der Waals surface area contributed by atoms with Crippen molar-refractivity contribution < 1.29 is 9.85 Å². The summed E-state index contributed by atoms with van der Waals surface area (Å²) in [6.45, 7) is 0.439. The van der Waals surface area contributed by atoms with Crippen molar-refractivity contribution in [3.8, 4) is 11.4 Å². The molecule has 11 heteroatoms. The predicted octanol–water partition coefficient (Wildman–Crippen LogP) is 4.36. The van der Waals surface area contributed by atoms with Crippen LogP contribution in [0.5, 0.6) is 0 Å². The van der Waals surface area contributed by atoms with E-state index in [0.717, 1.165) is 29.0 Å². The quantitative estimate of drug-likeness (QED) is 0.310. The summed E-state index contributed by atoms with van der Waals surface area (Å²) in [6, 6.07) is 16.8. The van der Waals surface area contributed by atoms with Crippen LogP contribution in [0.2, 0.25) is 0 Å². The second-order valence-electron chi connectivity index (χ2n) is 6.38. The van der Waals surface area contributed by atoms with Crippen LogP contribution in [0.3, 0.4) is 0 Å². The Balaban J connectivity index is 1.78. The molecular formula is C20H14N6O4S. The molecule has 2 aromatic carbocycles. The molecule has 0 N–H and O–H groups in total. The second-order valence-corrected chi connectivity index (χ2v) is 7.39. The van der Waals surface area contributed by atoms with Gasteiger partial charge in [0.2, 0.25) is 0 Å². The highest BCUT2D eigenvalue weighted by Crippen LogP contribution is 2.37. The summed E-state index contributed by atoms with van der Waals surface area (Å²) in [4.78, 5) is 25.5. The first-order valence-electron chi connectivity index (χ1n) is 9.01. The van der Waals surface area contributed by atoms with Crippen molar-refractivity contribution in [2.75, 3.05) is 0 Å². The van der Waals surface area contributed by atoms with Gasteiger partial charge in [0, 0.05) is 24.0 Å². The molecule has 0 bridgehead atoms. The first-order valence-corrected chi connectivity index (χ1v) is 9.83. The van der Waals surface area contributed by atoms with E-state index in [2.05, 4.69) is 15.2 Å². The van der Waals surface area contributed by atoms with E-state index in [1.54, 1.807) is 24.5 Å². The van der Waals surface area contributed by atoms with Gasteiger partial charge in [-0.3, -0.25) is 29.8 Å². The molecular weight excluding hydrogens is 420 g/mol. The first-order chi connectivity index (χ1) is 15.0. The second kappa shape index (κ2) is 8.71. The number of aromatic nitrogens is 4. The summed E-state index contributed by atoms with van der Waals surface area (Å²) in [5.74, 6) is 0.582. The third-order valence-electron chi connectivity index (χ3n) is 4.39. The Bertz CT molecular complexity index is 1250. The van der Waals surface area contributed by atoms with Crippen molar-refractivity contribution in [3.05, 3.63) is 98.8 Å². The lowest BCUT2D eigenvalue weighted by atomic mass is 10.2. The highest BCUT2D eigenvalue weighted by molar-refractivity contribution is 7.99. The summed E-state index contributed by atoms with van der Waals surface area (Å²) >= 11 is 1.03. The molecule has 0 unspecified atom stereocenters. The molecule has 0 radical (unpaired) electrons. The summed E-state index contributed by atoms with van der Waals surface area (Å²) in [6.07, 6.45) is 3.29. The third-order valence-corrected chi connectivity index (χ3v) is 5.44. The number of nitro groups is 2. The maximum absolute atomic E-state index is 11.5. The molecule has 4 rings (SSSR count). The molecule has 0 amide bonds.